The Kier molecular flexibility index (Phi) is 4.56. The van der Waals surface area contributed by atoms with E-state index in [1.807, 2.05) is 41.2 Å². The zero-order valence-corrected chi connectivity index (χ0v) is 16.9. The van der Waals surface area contributed by atoms with Gasteiger partial charge in [0, 0.05) is 26.2 Å². The van der Waals surface area contributed by atoms with Gasteiger partial charge < -0.3 is 9.80 Å². The molecule has 0 bridgehead atoms. The second-order valence-electron chi connectivity index (χ2n) is 7.26. The molecule has 0 N–H and O–H groups in total. The number of aryl methyl sites for hydroxylation is 1. The van der Waals surface area contributed by atoms with Crippen molar-refractivity contribution in [1.29, 1.82) is 0 Å². The SMILES string of the molecule is Cc1cccc(-n2ncc3c(N4CCN(c5ccccc5Cl)CC4)ncnc32)c1. The topological polar surface area (TPSA) is 50.1 Å². The minimum absolute atomic E-state index is 0.796. The van der Waals surface area contributed by atoms with Gasteiger partial charge >= 0.3 is 0 Å². The van der Waals surface area contributed by atoms with Crippen LogP contribution in [0.3, 0.4) is 0 Å². The molecule has 146 valence electrons. The lowest BCUT2D eigenvalue weighted by Gasteiger charge is -2.37. The van der Waals surface area contributed by atoms with E-state index in [0.717, 1.165) is 59.4 Å². The monoisotopic (exact) mass is 404 g/mol. The van der Waals surface area contributed by atoms with Gasteiger partial charge in [0.15, 0.2) is 5.65 Å². The summed E-state index contributed by atoms with van der Waals surface area (Å²) in [5, 5.41) is 6.36. The molecule has 1 saturated heterocycles. The van der Waals surface area contributed by atoms with Gasteiger partial charge in [0.1, 0.15) is 12.1 Å². The predicted octanol–water partition coefficient (Wildman–Crippen LogP) is 4.10. The van der Waals surface area contributed by atoms with Crippen molar-refractivity contribution in [2.45, 2.75) is 6.92 Å². The van der Waals surface area contributed by atoms with E-state index in [0.29, 0.717) is 0 Å². The molecule has 0 radical (unpaired) electrons. The van der Waals surface area contributed by atoms with Crippen LogP contribution in [0.2, 0.25) is 5.02 Å². The Morgan fingerprint density at radius 1 is 0.897 bits per heavy atom. The van der Waals surface area contributed by atoms with Gasteiger partial charge in [-0.05, 0) is 36.8 Å². The lowest BCUT2D eigenvalue weighted by Crippen LogP contribution is -2.47. The third kappa shape index (κ3) is 3.29. The van der Waals surface area contributed by atoms with Crippen LogP contribution in [0.5, 0.6) is 0 Å². The van der Waals surface area contributed by atoms with Gasteiger partial charge in [-0.1, -0.05) is 35.9 Å². The van der Waals surface area contributed by atoms with Gasteiger partial charge in [-0.25, -0.2) is 14.6 Å². The van der Waals surface area contributed by atoms with E-state index in [-0.39, 0.29) is 0 Å². The van der Waals surface area contributed by atoms with Crippen LogP contribution in [-0.4, -0.2) is 45.9 Å². The summed E-state index contributed by atoms with van der Waals surface area (Å²) in [5.74, 6) is 0.938. The molecule has 0 atom stereocenters. The summed E-state index contributed by atoms with van der Waals surface area (Å²) in [6, 6.07) is 16.3. The highest BCUT2D eigenvalue weighted by Crippen LogP contribution is 2.29. The molecule has 2 aromatic heterocycles. The van der Waals surface area contributed by atoms with Crippen molar-refractivity contribution >= 4 is 34.1 Å². The number of rotatable bonds is 3. The molecule has 1 fully saturated rings. The molecule has 0 spiro atoms. The first-order valence-corrected chi connectivity index (χ1v) is 10.1. The van der Waals surface area contributed by atoms with E-state index in [2.05, 4.69) is 50.0 Å². The van der Waals surface area contributed by atoms with Crippen molar-refractivity contribution in [1.82, 2.24) is 19.7 Å². The number of nitrogens with zero attached hydrogens (tertiary/aromatic N) is 6. The van der Waals surface area contributed by atoms with Crippen LogP contribution in [-0.2, 0) is 0 Å². The van der Waals surface area contributed by atoms with E-state index in [9.17, 15) is 0 Å². The van der Waals surface area contributed by atoms with E-state index in [4.69, 9.17) is 11.6 Å². The third-order valence-corrected chi connectivity index (χ3v) is 5.68. The Bertz CT molecular complexity index is 1160. The number of benzene rings is 2. The third-order valence-electron chi connectivity index (χ3n) is 5.36. The number of halogens is 1. The fraction of sp³-hybridized carbons (Fsp3) is 0.227. The van der Waals surface area contributed by atoms with Crippen LogP contribution in [0.1, 0.15) is 5.56 Å². The molecule has 6 nitrogen and oxygen atoms in total. The Labute approximate surface area is 174 Å². The molecule has 1 aliphatic rings. The highest BCUT2D eigenvalue weighted by atomic mass is 35.5. The highest BCUT2D eigenvalue weighted by Gasteiger charge is 2.22. The summed E-state index contributed by atoms with van der Waals surface area (Å²) in [5.41, 5.74) is 4.12. The number of fused-ring (bicyclic) bond motifs is 1. The van der Waals surface area contributed by atoms with Gasteiger partial charge in [-0.2, -0.15) is 5.10 Å². The molecular formula is C22H21ClN6. The number of hydrogen-bond donors (Lipinski definition) is 0. The Hall–Kier alpha value is -3.12. The Morgan fingerprint density at radius 3 is 2.48 bits per heavy atom. The van der Waals surface area contributed by atoms with Crippen molar-refractivity contribution in [3.8, 4) is 5.69 Å². The average Bonchev–Trinajstić information content (AvgIpc) is 3.19. The minimum Gasteiger partial charge on any atom is -0.367 e. The maximum absolute atomic E-state index is 6.37. The zero-order chi connectivity index (χ0) is 19.8. The van der Waals surface area contributed by atoms with Crippen LogP contribution < -0.4 is 9.80 Å². The van der Waals surface area contributed by atoms with E-state index in [1.54, 1.807) is 6.33 Å². The van der Waals surface area contributed by atoms with Crippen molar-refractivity contribution in [2.24, 2.45) is 0 Å². The van der Waals surface area contributed by atoms with Gasteiger partial charge in [-0.3, -0.25) is 0 Å². The predicted molar refractivity (Wildman–Crippen MR) is 117 cm³/mol. The second kappa shape index (κ2) is 7.37. The number of piperazine rings is 1. The summed E-state index contributed by atoms with van der Waals surface area (Å²) in [6.07, 6.45) is 3.50. The smallest absolute Gasteiger partial charge is 0.168 e. The molecule has 0 unspecified atom stereocenters. The molecule has 1 aliphatic heterocycles. The van der Waals surface area contributed by atoms with Crippen molar-refractivity contribution < 1.29 is 0 Å². The van der Waals surface area contributed by atoms with Crippen LogP contribution in [0.25, 0.3) is 16.7 Å². The molecule has 2 aromatic carbocycles. The van der Waals surface area contributed by atoms with E-state index < -0.39 is 0 Å². The van der Waals surface area contributed by atoms with Crippen LogP contribution in [0.15, 0.2) is 61.1 Å². The number of aromatic nitrogens is 4. The molecule has 5 rings (SSSR count). The van der Waals surface area contributed by atoms with Gasteiger partial charge in [0.2, 0.25) is 0 Å². The van der Waals surface area contributed by atoms with Crippen LogP contribution >= 0.6 is 11.6 Å². The number of para-hydroxylation sites is 1. The Balaban J connectivity index is 1.43. The average molecular weight is 405 g/mol. The summed E-state index contributed by atoms with van der Waals surface area (Å²) in [6.45, 7) is 5.59. The first kappa shape index (κ1) is 17.9. The van der Waals surface area contributed by atoms with E-state index in [1.165, 1.54) is 5.56 Å². The molecule has 0 amide bonds. The first-order chi connectivity index (χ1) is 14.2. The lowest BCUT2D eigenvalue weighted by atomic mass is 10.2. The second-order valence-corrected chi connectivity index (χ2v) is 7.66. The molecular weight excluding hydrogens is 384 g/mol. The maximum Gasteiger partial charge on any atom is 0.168 e. The fourth-order valence-electron chi connectivity index (χ4n) is 3.90. The van der Waals surface area contributed by atoms with Crippen LogP contribution in [0, 0.1) is 6.92 Å². The highest BCUT2D eigenvalue weighted by molar-refractivity contribution is 6.33. The van der Waals surface area contributed by atoms with Crippen molar-refractivity contribution in [2.75, 3.05) is 36.0 Å². The molecule has 29 heavy (non-hydrogen) atoms. The van der Waals surface area contributed by atoms with Crippen molar-refractivity contribution in [3.05, 3.63) is 71.6 Å². The summed E-state index contributed by atoms with van der Waals surface area (Å²) in [4.78, 5) is 13.7. The normalized spacial score (nSPS) is 14.6. The molecule has 4 aromatic rings. The van der Waals surface area contributed by atoms with Gasteiger partial charge in [-0.15, -0.1) is 0 Å². The lowest BCUT2D eigenvalue weighted by molar-refractivity contribution is 0.649. The van der Waals surface area contributed by atoms with Gasteiger partial charge in [0.25, 0.3) is 0 Å². The molecule has 0 saturated carbocycles. The zero-order valence-electron chi connectivity index (χ0n) is 16.2. The molecule has 3 heterocycles. The summed E-state index contributed by atoms with van der Waals surface area (Å²) < 4.78 is 1.88. The van der Waals surface area contributed by atoms with Crippen molar-refractivity contribution in [3.63, 3.8) is 0 Å². The molecule has 7 heteroatoms. The number of hydrogen-bond acceptors (Lipinski definition) is 5. The summed E-state index contributed by atoms with van der Waals surface area (Å²) >= 11 is 6.37. The largest absolute Gasteiger partial charge is 0.367 e. The van der Waals surface area contributed by atoms with Crippen LogP contribution in [0.4, 0.5) is 11.5 Å². The van der Waals surface area contributed by atoms with E-state index >= 15 is 0 Å². The minimum atomic E-state index is 0.796. The quantitative estimate of drug-likeness (QED) is 0.514. The maximum atomic E-state index is 6.37. The number of anilines is 2. The fourth-order valence-corrected chi connectivity index (χ4v) is 4.15. The van der Waals surface area contributed by atoms with Gasteiger partial charge in [0.05, 0.1) is 28.0 Å². The molecule has 0 aliphatic carbocycles. The summed E-state index contributed by atoms with van der Waals surface area (Å²) in [7, 11) is 0. The Morgan fingerprint density at radius 2 is 1.69 bits per heavy atom. The standard InChI is InChI=1S/C22H21ClN6/c1-16-5-4-6-17(13-16)29-22-18(14-26-29)21(24-15-25-22)28-11-9-27(10-12-28)20-8-3-2-7-19(20)23/h2-8,13-15H,9-12H2,1H3. The first-order valence-electron chi connectivity index (χ1n) is 9.71.